The normalized spacial score (nSPS) is 19.7. The maximum atomic E-state index is 5.80. The van der Waals surface area contributed by atoms with Crippen LogP contribution in [0.5, 0.6) is 0 Å². The van der Waals surface area contributed by atoms with Crippen molar-refractivity contribution >= 4 is 11.3 Å². The summed E-state index contributed by atoms with van der Waals surface area (Å²) in [5.74, 6) is 0. The zero-order valence-electron chi connectivity index (χ0n) is 8.67. The standard InChI is InChI=1S/C10H12N4OS/c11-3-8-9-5-15-10(4-14(9)13-12-8)7-1-2-16-6-7/h1-2,6,10H,3-5,11H2/t10-/m1/s1. The van der Waals surface area contributed by atoms with Gasteiger partial charge in [0.1, 0.15) is 11.8 Å². The average molecular weight is 236 g/mol. The molecular formula is C10H12N4OS. The van der Waals surface area contributed by atoms with Gasteiger partial charge in [0.05, 0.1) is 18.8 Å². The Balaban J connectivity index is 1.87. The van der Waals surface area contributed by atoms with E-state index in [9.17, 15) is 0 Å². The molecule has 0 saturated heterocycles. The predicted molar refractivity (Wildman–Crippen MR) is 59.8 cm³/mol. The quantitative estimate of drug-likeness (QED) is 0.847. The van der Waals surface area contributed by atoms with Crippen LogP contribution in [0.25, 0.3) is 0 Å². The van der Waals surface area contributed by atoms with Gasteiger partial charge in [0, 0.05) is 6.54 Å². The molecular weight excluding hydrogens is 224 g/mol. The highest BCUT2D eigenvalue weighted by molar-refractivity contribution is 7.07. The van der Waals surface area contributed by atoms with Gasteiger partial charge in [-0.1, -0.05) is 5.21 Å². The van der Waals surface area contributed by atoms with Gasteiger partial charge in [-0.15, -0.1) is 5.10 Å². The Kier molecular flexibility index (Phi) is 2.47. The monoisotopic (exact) mass is 236 g/mol. The average Bonchev–Trinajstić information content (AvgIpc) is 2.97. The molecule has 2 aromatic heterocycles. The second kappa shape index (κ2) is 3.97. The van der Waals surface area contributed by atoms with Crippen LogP contribution in [0, 0.1) is 0 Å². The minimum absolute atomic E-state index is 0.0890. The van der Waals surface area contributed by atoms with E-state index >= 15 is 0 Å². The summed E-state index contributed by atoms with van der Waals surface area (Å²) < 4.78 is 7.70. The number of ether oxygens (including phenoxy) is 1. The smallest absolute Gasteiger partial charge is 0.103 e. The van der Waals surface area contributed by atoms with Crippen LogP contribution in [-0.4, -0.2) is 15.0 Å². The molecule has 0 aromatic carbocycles. The van der Waals surface area contributed by atoms with Gasteiger partial charge in [0.15, 0.2) is 0 Å². The first-order valence-corrected chi connectivity index (χ1v) is 6.07. The van der Waals surface area contributed by atoms with E-state index in [1.807, 2.05) is 4.68 Å². The van der Waals surface area contributed by atoms with E-state index in [-0.39, 0.29) is 6.10 Å². The molecule has 0 spiro atoms. The largest absolute Gasteiger partial charge is 0.365 e. The molecule has 0 saturated carbocycles. The summed E-state index contributed by atoms with van der Waals surface area (Å²) in [4.78, 5) is 0. The van der Waals surface area contributed by atoms with Crippen molar-refractivity contribution in [2.75, 3.05) is 0 Å². The van der Waals surface area contributed by atoms with E-state index < -0.39 is 0 Å². The summed E-state index contributed by atoms with van der Waals surface area (Å²) in [7, 11) is 0. The summed E-state index contributed by atoms with van der Waals surface area (Å²) in [6, 6.07) is 2.08. The van der Waals surface area contributed by atoms with E-state index in [1.54, 1.807) is 11.3 Å². The van der Waals surface area contributed by atoms with Crippen LogP contribution in [0.3, 0.4) is 0 Å². The summed E-state index contributed by atoms with van der Waals surface area (Å²) >= 11 is 1.68. The van der Waals surface area contributed by atoms with Gasteiger partial charge in [-0.25, -0.2) is 4.68 Å². The first-order chi connectivity index (χ1) is 7.88. The van der Waals surface area contributed by atoms with Crippen LogP contribution < -0.4 is 5.73 Å². The number of fused-ring (bicyclic) bond motifs is 1. The van der Waals surface area contributed by atoms with Crippen molar-refractivity contribution in [2.45, 2.75) is 25.8 Å². The molecule has 0 fully saturated rings. The minimum Gasteiger partial charge on any atom is -0.365 e. The van der Waals surface area contributed by atoms with Crippen LogP contribution >= 0.6 is 11.3 Å². The van der Waals surface area contributed by atoms with E-state index in [0.717, 1.165) is 17.9 Å². The third kappa shape index (κ3) is 1.55. The number of thiophene rings is 1. The van der Waals surface area contributed by atoms with Crippen molar-refractivity contribution in [1.82, 2.24) is 15.0 Å². The molecule has 3 heterocycles. The first-order valence-electron chi connectivity index (χ1n) is 5.13. The van der Waals surface area contributed by atoms with Crippen molar-refractivity contribution in [2.24, 2.45) is 5.73 Å². The molecule has 1 aliphatic rings. The second-order valence-corrected chi connectivity index (χ2v) is 4.51. The van der Waals surface area contributed by atoms with Gasteiger partial charge in [-0.3, -0.25) is 0 Å². The summed E-state index contributed by atoms with van der Waals surface area (Å²) in [5, 5.41) is 12.3. The summed E-state index contributed by atoms with van der Waals surface area (Å²) in [5.41, 5.74) is 8.63. The molecule has 0 aliphatic carbocycles. The summed E-state index contributed by atoms with van der Waals surface area (Å²) in [6.07, 6.45) is 0.0890. The number of hydrogen-bond donors (Lipinski definition) is 1. The molecule has 6 heteroatoms. The van der Waals surface area contributed by atoms with Crippen LogP contribution in [0.15, 0.2) is 16.8 Å². The molecule has 1 atom stereocenters. The molecule has 3 rings (SSSR count). The number of aromatic nitrogens is 3. The van der Waals surface area contributed by atoms with Crippen molar-refractivity contribution in [3.63, 3.8) is 0 Å². The van der Waals surface area contributed by atoms with Crippen molar-refractivity contribution in [1.29, 1.82) is 0 Å². The Morgan fingerprint density at radius 3 is 3.31 bits per heavy atom. The van der Waals surface area contributed by atoms with Crippen LogP contribution in [0.2, 0.25) is 0 Å². The Hall–Kier alpha value is -1.24. The van der Waals surface area contributed by atoms with Gasteiger partial charge in [0.2, 0.25) is 0 Å². The number of nitrogens with two attached hydrogens (primary N) is 1. The number of rotatable bonds is 2. The molecule has 84 valence electrons. The Labute approximate surface area is 96.8 Å². The fraction of sp³-hybridized carbons (Fsp3) is 0.400. The molecule has 2 aromatic rings. The Morgan fingerprint density at radius 2 is 2.56 bits per heavy atom. The van der Waals surface area contributed by atoms with Crippen molar-refractivity contribution in [3.05, 3.63) is 33.8 Å². The lowest BCUT2D eigenvalue weighted by Crippen LogP contribution is -2.22. The van der Waals surface area contributed by atoms with Gasteiger partial charge in [-0.05, 0) is 22.4 Å². The van der Waals surface area contributed by atoms with Crippen molar-refractivity contribution < 1.29 is 4.74 Å². The highest BCUT2D eigenvalue weighted by atomic mass is 32.1. The van der Waals surface area contributed by atoms with E-state index in [1.165, 1.54) is 5.56 Å². The second-order valence-electron chi connectivity index (χ2n) is 3.73. The van der Waals surface area contributed by atoms with Gasteiger partial charge < -0.3 is 10.5 Å². The highest BCUT2D eigenvalue weighted by Gasteiger charge is 2.24. The van der Waals surface area contributed by atoms with E-state index in [4.69, 9.17) is 10.5 Å². The zero-order chi connectivity index (χ0) is 11.0. The molecule has 5 nitrogen and oxygen atoms in total. The van der Waals surface area contributed by atoms with E-state index in [0.29, 0.717) is 13.2 Å². The molecule has 0 unspecified atom stereocenters. The topological polar surface area (TPSA) is 66.0 Å². The SMILES string of the molecule is NCc1nnn2c1CO[C@@H](c1ccsc1)C2. The Morgan fingerprint density at radius 1 is 1.62 bits per heavy atom. The van der Waals surface area contributed by atoms with Crippen LogP contribution in [0.4, 0.5) is 0 Å². The van der Waals surface area contributed by atoms with Gasteiger partial charge in [-0.2, -0.15) is 11.3 Å². The predicted octanol–water partition coefficient (Wildman–Crippen LogP) is 1.07. The maximum absolute atomic E-state index is 5.80. The molecule has 1 aliphatic heterocycles. The molecule has 0 bridgehead atoms. The molecule has 0 radical (unpaired) electrons. The molecule has 16 heavy (non-hydrogen) atoms. The summed E-state index contributed by atoms with van der Waals surface area (Å²) in [6.45, 7) is 1.68. The van der Waals surface area contributed by atoms with Gasteiger partial charge >= 0.3 is 0 Å². The lowest BCUT2D eigenvalue weighted by molar-refractivity contribution is -0.00154. The minimum atomic E-state index is 0.0890. The fourth-order valence-corrected chi connectivity index (χ4v) is 2.58. The number of hydrogen-bond acceptors (Lipinski definition) is 5. The van der Waals surface area contributed by atoms with Crippen LogP contribution in [-0.2, 0) is 24.4 Å². The highest BCUT2D eigenvalue weighted by Crippen LogP contribution is 2.27. The third-order valence-electron chi connectivity index (χ3n) is 2.79. The lowest BCUT2D eigenvalue weighted by Gasteiger charge is -2.23. The molecule has 2 N–H and O–H groups in total. The number of nitrogens with zero attached hydrogens (tertiary/aromatic N) is 3. The Bertz CT molecular complexity index is 479. The third-order valence-corrected chi connectivity index (χ3v) is 3.49. The van der Waals surface area contributed by atoms with E-state index in [2.05, 4.69) is 27.1 Å². The zero-order valence-corrected chi connectivity index (χ0v) is 9.48. The van der Waals surface area contributed by atoms with Crippen molar-refractivity contribution in [3.8, 4) is 0 Å². The molecule has 0 amide bonds. The maximum Gasteiger partial charge on any atom is 0.103 e. The fourth-order valence-electron chi connectivity index (χ4n) is 1.88. The van der Waals surface area contributed by atoms with Crippen LogP contribution in [0.1, 0.15) is 23.1 Å². The van der Waals surface area contributed by atoms with Gasteiger partial charge in [0.25, 0.3) is 0 Å². The lowest BCUT2D eigenvalue weighted by atomic mass is 10.1. The first kappa shape index (κ1) is 9.95.